The van der Waals surface area contributed by atoms with Crippen LogP contribution in [0, 0.1) is 10.1 Å². The Morgan fingerprint density at radius 3 is 2.69 bits per heavy atom. The standard InChI is InChI=1S/C21H17N3O4S/c1-2-14-4-3-5-17-15(11-22-19(14)17)10-18-20(25)23(21(26)29-18)12-13-6-8-16(9-7-13)24(27)28/h3-11,25H,2,12H2,1H3/b15-10-. The molecule has 2 heterocycles. The van der Waals surface area contributed by atoms with Crippen LogP contribution < -0.4 is 4.87 Å². The van der Waals surface area contributed by atoms with Crippen molar-refractivity contribution in [3.8, 4) is 5.88 Å². The van der Waals surface area contributed by atoms with Gasteiger partial charge in [0.2, 0.25) is 5.88 Å². The number of para-hydroxylation sites is 1. The summed E-state index contributed by atoms with van der Waals surface area (Å²) in [6.45, 7) is 2.20. The molecule has 0 amide bonds. The van der Waals surface area contributed by atoms with Crippen molar-refractivity contribution in [1.82, 2.24) is 4.57 Å². The third-order valence-corrected chi connectivity index (χ3v) is 5.73. The van der Waals surface area contributed by atoms with E-state index in [1.54, 1.807) is 24.4 Å². The maximum absolute atomic E-state index is 12.4. The molecule has 29 heavy (non-hydrogen) atoms. The number of aromatic hydroxyl groups is 1. The topological polar surface area (TPSA) is 97.7 Å². The maximum Gasteiger partial charge on any atom is 0.310 e. The molecule has 1 aliphatic rings. The first-order valence-corrected chi connectivity index (χ1v) is 9.83. The molecule has 8 heteroatoms. The van der Waals surface area contributed by atoms with Gasteiger partial charge < -0.3 is 5.11 Å². The van der Waals surface area contributed by atoms with E-state index in [1.165, 1.54) is 16.7 Å². The van der Waals surface area contributed by atoms with Crippen LogP contribution in [0.1, 0.15) is 28.5 Å². The summed E-state index contributed by atoms with van der Waals surface area (Å²) in [5.74, 6) is -0.126. The molecule has 4 rings (SSSR count). The summed E-state index contributed by atoms with van der Waals surface area (Å²) in [5, 5.41) is 21.4. The van der Waals surface area contributed by atoms with Crippen LogP contribution in [0.2, 0.25) is 0 Å². The van der Waals surface area contributed by atoms with Crippen molar-refractivity contribution in [2.24, 2.45) is 4.99 Å². The third kappa shape index (κ3) is 3.50. The summed E-state index contributed by atoms with van der Waals surface area (Å²) in [5.41, 5.74) is 4.56. The number of thiazole rings is 1. The Kier molecular flexibility index (Phi) is 4.85. The molecule has 0 saturated carbocycles. The second-order valence-corrected chi connectivity index (χ2v) is 7.58. The zero-order valence-corrected chi connectivity index (χ0v) is 16.3. The number of rotatable bonds is 5. The molecule has 0 radical (unpaired) electrons. The van der Waals surface area contributed by atoms with Crippen LogP contribution in [0.5, 0.6) is 5.88 Å². The first-order valence-electron chi connectivity index (χ1n) is 9.02. The number of non-ortho nitro benzene ring substituents is 1. The highest BCUT2D eigenvalue weighted by Crippen LogP contribution is 2.37. The minimum Gasteiger partial charge on any atom is -0.493 e. The molecule has 7 nitrogen and oxygen atoms in total. The van der Waals surface area contributed by atoms with Gasteiger partial charge in [-0.2, -0.15) is 0 Å². The monoisotopic (exact) mass is 407 g/mol. The van der Waals surface area contributed by atoms with Gasteiger partial charge in [-0.05, 0) is 23.6 Å². The van der Waals surface area contributed by atoms with E-state index in [0.29, 0.717) is 10.4 Å². The molecule has 1 N–H and O–H groups in total. The van der Waals surface area contributed by atoms with Crippen molar-refractivity contribution in [2.75, 3.05) is 0 Å². The van der Waals surface area contributed by atoms with Crippen LogP contribution in [-0.2, 0) is 13.0 Å². The van der Waals surface area contributed by atoms with Gasteiger partial charge in [0.05, 0.1) is 22.0 Å². The van der Waals surface area contributed by atoms with Gasteiger partial charge in [-0.25, -0.2) is 0 Å². The molecule has 0 saturated heterocycles. The van der Waals surface area contributed by atoms with Gasteiger partial charge in [0.25, 0.3) is 5.69 Å². The first kappa shape index (κ1) is 18.8. The molecule has 0 unspecified atom stereocenters. The molecular formula is C21H17N3O4S. The van der Waals surface area contributed by atoms with Gasteiger partial charge in [0.1, 0.15) is 0 Å². The minimum atomic E-state index is -0.479. The Morgan fingerprint density at radius 1 is 1.24 bits per heavy atom. The minimum absolute atomic E-state index is 0.0216. The fourth-order valence-corrected chi connectivity index (χ4v) is 4.11. The molecule has 1 aromatic heterocycles. The summed E-state index contributed by atoms with van der Waals surface area (Å²) in [6, 6.07) is 11.9. The van der Waals surface area contributed by atoms with Crippen LogP contribution in [0.15, 0.2) is 52.3 Å². The Bertz CT molecular complexity index is 1220. The molecule has 3 aromatic rings. The van der Waals surface area contributed by atoms with Gasteiger partial charge in [0.15, 0.2) is 0 Å². The number of nitro benzene ring substituents is 1. The number of aryl methyl sites for hydroxylation is 1. The highest BCUT2D eigenvalue weighted by molar-refractivity contribution is 7.10. The number of hydrogen-bond acceptors (Lipinski definition) is 6. The van der Waals surface area contributed by atoms with Crippen molar-refractivity contribution in [1.29, 1.82) is 0 Å². The van der Waals surface area contributed by atoms with Gasteiger partial charge in [-0.1, -0.05) is 48.6 Å². The molecule has 146 valence electrons. The highest BCUT2D eigenvalue weighted by atomic mass is 32.1. The molecule has 0 bridgehead atoms. The summed E-state index contributed by atoms with van der Waals surface area (Å²) in [4.78, 5) is 27.3. The summed E-state index contributed by atoms with van der Waals surface area (Å²) >= 11 is 0.951. The highest BCUT2D eigenvalue weighted by Gasteiger charge is 2.18. The average Bonchev–Trinajstić information content (AvgIpc) is 3.24. The predicted octanol–water partition coefficient (Wildman–Crippen LogP) is 4.39. The molecular weight excluding hydrogens is 390 g/mol. The molecule has 0 fully saturated rings. The molecule has 0 atom stereocenters. The fraction of sp³-hybridized carbons (Fsp3) is 0.143. The lowest BCUT2D eigenvalue weighted by molar-refractivity contribution is -0.384. The lowest BCUT2D eigenvalue weighted by atomic mass is 10.0. The number of aromatic nitrogens is 1. The summed E-state index contributed by atoms with van der Waals surface area (Å²) in [6.07, 6.45) is 4.38. The Morgan fingerprint density at radius 2 is 2.00 bits per heavy atom. The number of benzene rings is 2. The van der Waals surface area contributed by atoms with Crippen LogP contribution in [-0.4, -0.2) is 20.8 Å². The summed E-state index contributed by atoms with van der Waals surface area (Å²) in [7, 11) is 0. The van der Waals surface area contributed by atoms with Crippen LogP contribution in [0.3, 0.4) is 0 Å². The van der Waals surface area contributed by atoms with E-state index in [1.807, 2.05) is 18.2 Å². The zero-order chi connectivity index (χ0) is 20.5. The summed E-state index contributed by atoms with van der Waals surface area (Å²) < 4.78 is 1.26. The SMILES string of the molecule is CCc1cccc2c1N=C/C2=C/c1sc(=O)n(Cc2ccc([N+](=O)[O-])cc2)c1O. The first-order chi connectivity index (χ1) is 14.0. The third-order valence-electron chi connectivity index (χ3n) is 4.81. The van der Waals surface area contributed by atoms with E-state index in [-0.39, 0.29) is 23.0 Å². The van der Waals surface area contributed by atoms with E-state index in [4.69, 9.17) is 0 Å². The van der Waals surface area contributed by atoms with Gasteiger partial charge in [-0.3, -0.25) is 24.5 Å². The molecule has 1 aliphatic heterocycles. The number of aliphatic imine (C=N–C) groups is 1. The number of allylic oxidation sites excluding steroid dienone is 1. The van der Waals surface area contributed by atoms with Crippen LogP contribution in [0.4, 0.5) is 11.4 Å². The maximum atomic E-state index is 12.4. The zero-order valence-electron chi connectivity index (χ0n) is 15.5. The fourth-order valence-electron chi connectivity index (χ4n) is 3.28. The number of fused-ring (bicyclic) bond motifs is 1. The van der Waals surface area contributed by atoms with Crippen LogP contribution in [0.25, 0.3) is 11.6 Å². The van der Waals surface area contributed by atoms with E-state index in [2.05, 4.69) is 11.9 Å². The van der Waals surface area contributed by atoms with Gasteiger partial charge in [-0.15, -0.1) is 0 Å². The predicted molar refractivity (Wildman–Crippen MR) is 114 cm³/mol. The number of nitrogens with zero attached hydrogens (tertiary/aromatic N) is 3. The molecule has 2 aromatic carbocycles. The van der Waals surface area contributed by atoms with Crippen molar-refractivity contribution in [2.45, 2.75) is 19.9 Å². The van der Waals surface area contributed by atoms with Gasteiger partial charge in [0, 0.05) is 29.5 Å². The second-order valence-electron chi connectivity index (χ2n) is 6.59. The van der Waals surface area contributed by atoms with E-state index >= 15 is 0 Å². The lowest BCUT2D eigenvalue weighted by Gasteiger charge is -2.05. The van der Waals surface area contributed by atoms with E-state index in [9.17, 15) is 20.0 Å². The van der Waals surface area contributed by atoms with Gasteiger partial charge >= 0.3 is 4.87 Å². The largest absolute Gasteiger partial charge is 0.493 e. The Balaban J connectivity index is 1.66. The smallest absolute Gasteiger partial charge is 0.310 e. The average molecular weight is 407 g/mol. The normalized spacial score (nSPS) is 13.8. The Labute approximate surface area is 170 Å². The number of hydrogen-bond donors (Lipinski definition) is 1. The number of nitro groups is 1. The second kappa shape index (κ2) is 7.48. The van der Waals surface area contributed by atoms with E-state index in [0.717, 1.165) is 40.1 Å². The van der Waals surface area contributed by atoms with Crippen molar-refractivity contribution < 1.29 is 10.0 Å². The molecule has 0 spiro atoms. The van der Waals surface area contributed by atoms with Crippen LogP contribution >= 0.6 is 11.3 Å². The van der Waals surface area contributed by atoms with E-state index < -0.39 is 4.92 Å². The quantitative estimate of drug-likeness (QED) is 0.501. The lowest BCUT2D eigenvalue weighted by Crippen LogP contribution is -2.13. The Hall–Kier alpha value is -3.52. The molecule has 0 aliphatic carbocycles. The van der Waals surface area contributed by atoms with Crippen molar-refractivity contribution >= 4 is 40.6 Å². The van der Waals surface area contributed by atoms with Crippen molar-refractivity contribution in [3.63, 3.8) is 0 Å². The van der Waals surface area contributed by atoms with Crippen molar-refractivity contribution in [3.05, 3.63) is 83.8 Å².